The van der Waals surface area contributed by atoms with Gasteiger partial charge in [0.05, 0.1) is 38.1 Å². The average Bonchev–Trinajstić information content (AvgIpc) is 3.30. The van der Waals surface area contributed by atoms with E-state index in [1.54, 1.807) is 43.3 Å². The molecule has 10 nitrogen and oxygen atoms in total. The fourth-order valence-corrected chi connectivity index (χ4v) is 5.05. The Hall–Kier alpha value is -3.96. The molecule has 39 heavy (non-hydrogen) atoms. The van der Waals surface area contributed by atoms with Crippen LogP contribution in [0.15, 0.2) is 65.6 Å². The highest BCUT2D eigenvalue weighted by Crippen LogP contribution is 2.36. The van der Waals surface area contributed by atoms with Gasteiger partial charge in [0, 0.05) is 16.3 Å². The quantitative estimate of drug-likeness (QED) is 0.318. The highest BCUT2D eigenvalue weighted by atomic mass is 35.5. The van der Waals surface area contributed by atoms with Gasteiger partial charge in [-0.1, -0.05) is 17.7 Å². The molecule has 0 atom stereocenters. The Kier molecular flexibility index (Phi) is 8.82. The van der Waals surface area contributed by atoms with Crippen molar-refractivity contribution in [1.82, 2.24) is 4.90 Å². The summed E-state index contributed by atoms with van der Waals surface area (Å²) >= 11 is 5.89. The molecule has 0 radical (unpaired) electrons. The van der Waals surface area contributed by atoms with Crippen LogP contribution in [-0.2, 0) is 37.3 Å². The lowest BCUT2D eigenvalue weighted by atomic mass is 10.1. The molecule has 1 amide bonds. The SMILES string of the molecule is CCOC(=O)Cc1ccc(OC)c(Oc2ccc(NS(=O)(=O)c3ccc(Cl)cc3)cc2CN2CCOC2=O)c1. The molecule has 0 spiro atoms. The van der Waals surface area contributed by atoms with Crippen LogP contribution in [0, 0.1) is 0 Å². The van der Waals surface area contributed by atoms with E-state index in [1.165, 1.54) is 36.3 Å². The number of anilines is 1. The Balaban J connectivity index is 1.66. The van der Waals surface area contributed by atoms with Crippen LogP contribution in [-0.4, -0.2) is 52.2 Å². The molecule has 12 heteroatoms. The number of hydrogen-bond acceptors (Lipinski definition) is 8. The number of sulfonamides is 1. The Morgan fingerprint density at radius 3 is 2.46 bits per heavy atom. The molecule has 0 aliphatic carbocycles. The number of carbonyl (C=O) groups excluding carboxylic acids is 2. The number of ether oxygens (including phenoxy) is 4. The van der Waals surface area contributed by atoms with Gasteiger partial charge < -0.3 is 23.8 Å². The number of esters is 1. The van der Waals surface area contributed by atoms with Gasteiger partial charge in [-0.3, -0.25) is 9.52 Å². The second-order valence-corrected chi connectivity index (χ2v) is 10.6. The molecule has 1 aliphatic rings. The molecular formula is C27H27ClN2O8S. The van der Waals surface area contributed by atoms with Crippen LogP contribution in [0.3, 0.4) is 0 Å². The smallest absolute Gasteiger partial charge is 0.410 e. The third-order valence-electron chi connectivity index (χ3n) is 5.74. The molecule has 1 saturated heterocycles. The van der Waals surface area contributed by atoms with Crippen LogP contribution in [0.4, 0.5) is 10.5 Å². The minimum absolute atomic E-state index is 0.0417. The van der Waals surface area contributed by atoms with Gasteiger partial charge in [-0.25, -0.2) is 13.2 Å². The van der Waals surface area contributed by atoms with E-state index in [9.17, 15) is 18.0 Å². The highest BCUT2D eigenvalue weighted by molar-refractivity contribution is 7.92. The van der Waals surface area contributed by atoms with Crippen molar-refractivity contribution < 1.29 is 37.0 Å². The lowest BCUT2D eigenvalue weighted by Gasteiger charge is -2.19. The molecule has 0 bridgehead atoms. The number of amides is 1. The molecule has 0 unspecified atom stereocenters. The van der Waals surface area contributed by atoms with Gasteiger partial charge in [-0.15, -0.1) is 0 Å². The summed E-state index contributed by atoms with van der Waals surface area (Å²) in [7, 11) is -2.42. The number of rotatable bonds is 11. The van der Waals surface area contributed by atoms with Crippen molar-refractivity contribution in [3.05, 3.63) is 76.8 Å². The lowest BCUT2D eigenvalue weighted by molar-refractivity contribution is -0.142. The minimum atomic E-state index is -3.91. The largest absolute Gasteiger partial charge is 0.493 e. The molecule has 1 heterocycles. The highest BCUT2D eigenvalue weighted by Gasteiger charge is 2.24. The maximum absolute atomic E-state index is 12.9. The van der Waals surface area contributed by atoms with Crippen molar-refractivity contribution in [3.8, 4) is 17.2 Å². The predicted octanol–water partition coefficient (Wildman–Crippen LogP) is 5.00. The van der Waals surface area contributed by atoms with Gasteiger partial charge in [-0.2, -0.15) is 0 Å². The summed E-state index contributed by atoms with van der Waals surface area (Å²) in [4.78, 5) is 25.7. The summed E-state index contributed by atoms with van der Waals surface area (Å²) in [5, 5.41) is 0.414. The molecule has 206 valence electrons. The van der Waals surface area contributed by atoms with Crippen molar-refractivity contribution in [2.24, 2.45) is 0 Å². The Labute approximate surface area is 231 Å². The van der Waals surface area contributed by atoms with Crippen LogP contribution < -0.4 is 14.2 Å². The van der Waals surface area contributed by atoms with E-state index >= 15 is 0 Å². The third kappa shape index (κ3) is 7.12. The van der Waals surface area contributed by atoms with Gasteiger partial charge in [0.1, 0.15) is 12.4 Å². The number of benzene rings is 3. The third-order valence-corrected chi connectivity index (χ3v) is 7.39. The van der Waals surface area contributed by atoms with Crippen molar-refractivity contribution in [2.75, 3.05) is 31.6 Å². The van der Waals surface area contributed by atoms with Gasteiger partial charge in [-0.05, 0) is 67.1 Å². The van der Waals surface area contributed by atoms with E-state index in [1.807, 2.05) is 0 Å². The summed E-state index contributed by atoms with van der Waals surface area (Å²) in [6.07, 6.45) is -0.436. The maximum atomic E-state index is 12.9. The topological polar surface area (TPSA) is 120 Å². The molecule has 1 fully saturated rings. The lowest BCUT2D eigenvalue weighted by Crippen LogP contribution is -2.24. The average molecular weight is 575 g/mol. The van der Waals surface area contributed by atoms with Gasteiger partial charge >= 0.3 is 12.1 Å². The number of halogens is 1. The van der Waals surface area contributed by atoms with E-state index in [-0.39, 0.29) is 42.7 Å². The number of methoxy groups -OCH3 is 1. The van der Waals surface area contributed by atoms with E-state index in [0.717, 1.165) is 0 Å². The molecule has 1 N–H and O–H groups in total. The maximum Gasteiger partial charge on any atom is 0.410 e. The number of hydrogen-bond donors (Lipinski definition) is 1. The van der Waals surface area contributed by atoms with Crippen molar-refractivity contribution in [1.29, 1.82) is 0 Å². The van der Waals surface area contributed by atoms with E-state index < -0.39 is 16.1 Å². The molecule has 3 aromatic rings. The second kappa shape index (κ2) is 12.3. The molecular weight excluding hydrogens is 548 g/mol. The van der Waals surface area contributed by atoms with Gasteiger partial charge in [0.2, 0.25) is 0 Å². The van der Waals surface area contributed by atoms with Crippen LogP contribution in [0.2, 0.25) is 5.02 Å². The first-order valence-electron chi connectivity index (χ1n) is 12.0. The monoisotopic (exact) mass is 574 g/mol. The zero-order valence-corrected chi connectivity index (χ0v) is 22.9. The first kappa shape index (κ1) is 28.1. The fraction of sp³-hybridized carbons (Fsp3) is 0.259. The first-order chi connectivity index (χ1) is 18.7. The van der Waals surface area contributed by atoms with Crippen LogP contribution >= 0.6 is 11.6 Å². The minimum Gasteiger partial charge on any atom is -0.493 e. The number of nitrogens with one attached hydrogen (secondary N) is 1. The summed E-state index contributed by atoms with van der Waals surface area (Å²) in [5.41, 5.74) is 1.44. The van der Waals surface area contributed by atoms with Crippen LogP contribution in [0.5, 0.6) is 17.2 Å². The summed E-state index contributed by atoms with van der Waals surface area (Å²) < 4.78 is 50.1. The van der Waals surface area contributed by atoms with E-state index in [0.29, 0.717) is 39.9 Å². The molecule has 0 saturated carbocycles. The fourth-order valence-electron chi connectivity index (χ4n) is 3.88. The molecule has 0 aromatic heterocycles. The number of nitrogens with zero attached hydrogens (tertiary/aromatic N) is 1. The normalized spacial score (nSPS) is 13.1. The van der Waals surface area contributed by atoms with Crippen molar-refractivity contribution in [3.63, 3.8) is 0 Å². The van der Waals surface area contributed by atoms with Crippen LogP contribution in [0.1, 0.15) is 18.1 Å². The standard InChI is InChI=1S/C27H27ClN2O8S/c1-3-36-26(31)15-18-4-10-24(35-2)25(14-18)38-23-11-7-21(16-19(23)17-30-12-13-37-27(30)32)29-39(33,34)22-8-5-20(28)6-9-22/h4-11,14,16,29H,3,12-13,15,17H2,1-2H3. The second-order valence-electron chi connectivity index (χ2n) is 8.49. The summed E-state index contributed by atoms with van der Waals surface area (Å²) in [5.74, 6) is 0.732. The number of carbonyl (C=O) groups is 2. The molecule has 1 aliphatic heterocycles. The van der Waals surface area contributed by atoms with Gasteiger partial charge in [0.25, 0.3) is 10.0 Å². The number of cyclic esters (lactones) is 1. The Bertz CT molecular complexity index is 1460. The zero-order valence-electron chi connectivity index (χ0n) is 21.3. The first-order valence-corrected chi connectivity index (χ1v) is 13.9. The zero-order chi connectivity index (χ0) is 28.0. The molecule has 3 aromatic carbocycles. The van der Waals surface area contributed by atoms with E-state index in [2.05, 4.69) is 4.72 Å². The van der Waals surface area contributed by atoms with Gasteiger partial charge in [0.15, 0.2) is 11.5 Å². The Morgan fingerprint density at radius 1 is 1.05 bits per heavy atom. The van der Waals surface area contributed by atoms with Crippen molar-refractivity contribution >= 4 is 39.4 Å². The molecule has 4 rings (SSSR count). The van der Waals surface area contributed by atoms with Crippen molar-refractivity contribution in [2.45, 2.75) is 24.8 Å². The Morgan fingerprint density at radius 2 is 1.79 bits per heavy atom. The summed E-state index contributed by atoms with van der Waals surface area (Å²) in [6.45, 7) is 2.74. The van der Waals surface area contributed by atoms with E-state index in [4.69, 9.17) is 30.5 Å². The van der Waals surface area contributed by atoms with Crippen LogP contribution in [0.25, 0.3) is 0 Å². The predicted molar refractivity (Wildman–Crippen MR) is 144 cm³/mol. The summed E-state index contributed by atoms with van der Waals surface area (Å²) in [6, 6.07) is 15.6.